The Morgan fingerprint density at radius 3 is 2.47 bits per heavy atom. The number of nitrogens with zero attached hydrogens (tertiary/aromatic N) is 2. The summed E-state index contributed by atoms with van der Waals surface area (Å²) in [5.74, 6) is 0. The normalized spacial score (nSPS) is 14.1. The average Bonchev–Trinajstić information content (AvgIpc) is 3.30. The number of hydrogen-bond acceptors (Lipinski definition) is 3. The number of benzene rings is 2. The molecule has 32 heavy (non-hydrogen) atoms. The Bertz CT molecular complexity index is 1520. The predicted molar refractivity (Wildman–Crippen MR) is 131 cm³/mol. The lowest BCUT2D eigenvalue weighted by Crippen LogP contribution is -2.24. The maximum absolute atomic E-state index is 6.51. The van der Waals surface area contributed by atoms with Gasteiger partial charge in [-0.1, -0.05) is 50.2 Å². The quantitative estimate of drug-likeness (QED) is 0.301. The van der Waals surface area contributed by atoms with Crippen LogP contribution in [0.3, 0.4) is 0 Å². The van der Waals surface area contributed by atoms with Gasteiger partial charge in [0.2, 0.25) is 5.71 Å². The molecule has 158 valence electrons. The molecule has 0 saturated carbocycles. The van der Waals surface area contributed by atoms with Crippen LogP contribution in [0.1, 0.15) is 49.1 Å². The number of rotatable bonds is 3. The van der Waals surface area contributed by atoms with E-state index < -0.39 is 0 Å². The van der Waals surface area contributed by atoms with Gasteiger partial charge in [0.25, 0.3) is 0 Å². The van der Waals surface area contributed by atoms with Crippen LogP contribution in [0.25, 0.3) is 44.5 Å². The molecule has 0 bridgehead atoms. The number of furan rings is 1. The molecule has 0 amide bonds. The Labute approximate surface area is 188 Å². The molecule has 3 aromatic heterocycles. The standard InChI is InChI=1S/C29H26N2O/c1-5-29(6-2)23-10-8-7-9-19(23)21-16-22-20-12-11-18(4)25(24-15-17(3)13-14-30-24)26(20)32-28(22)31-27(21)29/h7-16H,5-6H2,1-4H3. The van der Waals surface area contributed by atoms with Crippen LogP contribution in [0.2, 0.25) is 0 Å². The van der Waals surface area contributed by atoms with Gasteiger partial charge in [0.05, 0.1) is 11.4 Å². The summed E-state index contributed by atoms with van der Waals surface area (Å²) in [6.07, 6.45) is 3.90. The van der Waals surface area contributed by atoms with Crippen LogP contribution in [0.5, 0.6) is 0 Å². The van der Waals surface area contributed by atoms with Crippen molar-refractivity contribution in [2.45, 2.75) is 46.0 Å². The largest absolute Gasteiger partial charge is 0.437 e. The highest BCUT2D eigenvalue weighted by Crippen LogP contribution is 2.53. The first-order valence-corrected chi connectivity index (χ1v) is 11.5. The van der Waals surface area contributed by atoms with Crippen molar-refractivity contribution in [1.29, 1.82) is 0 Å². The highest BCUT2D eigenvalue weighted by atomic mass is 16.3. The van der Waals surface area contributed by atoms with Gasteiger partial charge >= 0.3 is 0 Å². The van der Waals surface area contributed by atoms with Crippen molar-refractivity contribution in [3.63, 3.8) is 0 Å². The Morgan fingerprint density at radius 1 is 0.875 bits per heavy atom. The molecule has 0 atom stereocenters. The highest BCUT2D eigenvalue weighted by Gasteiger charge is 2.42. The zero-order valence-electron chi connectivity index (χ0n) is 19.0. The fraction of sp³-hybridized carbons (Fsp3) is 0.241. The van der Waals surface area contributed by atoms with Gasteiger partial charge in [-0.2, -0.15) is 0 Å². The maximum Gasteiger partial charge on any atom is 0.227 e. The van der Waals surface area contributed by atoms with Gasteiger partial charge in [-0.05, 0) is 67.1 Å². The van der Waals surface area contributed by atoms with E-state index in [1.165, 1.54) is 22.3 Å². The third kappa shape index (κ3) is 2.42. The van der Waals surface area contributed by atoms with Crippen LogP contribution in [-0.4, -0.2) is 9.97 Å². The number of hydrogen-bond donors (Lipinski definition) is 0. The summed E-state index contributed by atoms with van der Waals surface area (Å²) in [4.78, 5) is 9.85. The molecule has 0 spiro atoms. The summed E-state index contributed by atoms with van der Waals surface area (Å²) in [5.41, 5.74) is 11.0. The van der Waals surface area contributed by atoms with Crippen molar-refractivity contribution < 1.29 is 4.42 Å². The number of aryl methyl sites for hydroxylation is 2. The third-order valence-electron chi connectivity index (χ3n) is 7.41. The van der Waals surface area contributed by atoms with E-state index in [4.69, 9.17) is 9.40 Å². The first-order valence-electron chi connectivity index (χ1n) is 11.5. The first kappa shape index (κ1) is 19.2. The molecule has 3 heterocycles. The van der Waals surface area contributed by atoms with Gasteiger partial charge in [0, 0.05) is 33.5 Å². The van der Waals surface area contributed by atoms with Crippen molar-refractivity contribution in [1.82, 2.24) is 9.97 Å². The van der Waals surface area contributed by atoms with Crippen molar-refractivity contribution >= 4 is 22.1 Å². The van der Waals surface area contributed by atoms with Crippen LogP contribution in [-0.2, 0) is 5.41 Å². The fourth-order valence-electron chi connectivity index (χ4n) is 5.65. The zero-order chi connectivity index (χ0) is 22.0. The van der Waals surface area contributed by atoms with E-state index in [0.29, 0.717) is 0 Å². The number of pyridine rings is 2. The smallest absolute Gasteiger partial charge is 0.227 e. The number of aromatic nitrogens is 2. The second-order valence-electron chi connectivity index (χ2n) is 9.03. The van der Waals surface area contributed by atoms with Crippen molar-refractivity contribution in [2.24, 2.45) is 0 Å². The second kappa shape index (κ2) is 6.77. The monoisotopic (exact) mass is 418 g/mol. The van der Waals surface area contributed by atoms with Crippen molar-refractivity contribution in [2.75, 3.05) is 0 Å². The SMILES string of the molecule is CCC1(CC)c2ccccc2-c2cc3c(nc21)oc1c(-c2cc(C)ccn2)c(C)ccc13. The molecule has 0 fully saturated rings. The molecule has 0 radical (unpaired) electrons. The van der Waals surface area contributed by atoms with E-state index in [-0.39, 0.29) is 5.41 Å². The first-order chi connectivity index (χ1) is 15.6. The predicted octanol–water partition coefficient (Wildman–Crippen LogP) is 7.75. The van der Waals surface area contributed by atoms with E-state index in [0.717, 1.165) is 57.4 Å². The second-order valence-corrected chi connectivity index (χ2v) is 9.03. The summed E-state index contributed by atoms with van der Waals surface area (Å²) in [7, 11) is 0. The van der Waals surface area contributed by atoms with Crippen LogP contribution in [0.15, 0.2) is 65.2 Å². The van der Waals surface area contributed by atoms with E-state index in [1.807, 2.05) is 12.3 Å². The highest BCUT2D eigenvalue weighted by molar-refractivity contribution is 6.10. The topological polar surface area (TPSA) is 38.9 Å². The molecular formula is C29H26N2O. The van der Waals surface area contributed by atoms with Crippen LogP contribution in [0, 0.1) is 13.8 Å². The Balaban J connectivity index is 1.70. The minimum atomic E-state index is -0.0596. The van der Waals surface area contributed by atoms with Crippen molar-refractivity contribution in [3.8, 4) is 22.4 Å². The Kier molecular flexibility index (Phi) is 4.07. The van der Waals surface area contributed by atoms with E-state index in [2.05, 4.69) is 81.2 Å². The minimum absolute atomic E-state index is 0.0596. The lowest BCUT2D eigenvalue weighted by atomic mass is 9.76. The Morgan fingerprint density at radius 2 is 1.69 bits per heavy atom. The van der Waals surface area contributed by atoms with Gasteiger partial charge in [-0.15, -0.1) is 0 Å². The van der Waals surface area contributed by atoms with Gasteiger partial charge < -0.3 is 4.42 Å². The molecule has 1 aliphatic rings. The molecule has 2 aromatic carbocycles. The summed E-state index contributed by atoms with van der Waals surface area (Å²) >= 11 is 0. The van der Waals surface area contributed by atoms with Gasteiger partial charge in [0.15, 0.2) is 0 Å². The molecule has 0 aliphatic heterocycles. The third-order valence-corrected chi connectivity index (χ3v) is 7.41. The number of fused-ring (bicyclic) bond motifs is 6. The lowest BCUT2D eigenvalue weighted by molar-refractivity contribution is 0.476. The molecule has 3 heteroatoms. The molecule has 1 aliphatic carbocycles. The zero-order valence-corrected chi connectivity index (χ0v) is 19.0. The van der Waals surface area contributed by atoms with Crippen LogP contribution >= 0.6 is 0 Å². The van der Waals surface area contributed by atoms with E-state index in [1.54, 1.807) is 0 Å². The summed E-state index contributed by atoms with van der Waals surface area (Å²) in [6, 6.07) is 19.6. The summed E-state index contributed by atoms with van der Waals surface area (Å²) in [5, 5.41) is 2.17. The lowest BCUT2D eigenvalue weighted by Gasteiger charge is -2.28. The van der Waals surface area contributed by atoms with Crippen LogP contribution < -0.4 is 0 Å². The molecule has 0 saturated heterocycles. The van der Waals surface area contributed by atoms with Gasteiger partial charge in [-0.25, -0.2) is 4.98 Å². The molecular weight excluding hydrogens is 392 g/mol. The van der Waals surface area contributed by atoms with E-state index >= 15 is 0 Å². The molecule has 3 nitrogen and oxygen atoms in total. The minimum Gasteiger partial charge on any atom is -0.437 e. The fourth-order valence-corrected chi connectivity index (χ4v) is 5.65. The molecule has 0 unspecified atom stereocenters. The van der Waals surface area contributed by atoms with E-state index in [9.17, 15) is 0 Å². The van der Waals surface area contributed by atoms with Gasteiger partial charge in [0.1, 0.15) is 5.58 Å². The summed E-state index contributed by atoms with van der Waals surface area (Å²) < 4.78 is 6.51. The van der Waals surface area contributed by atoms with Crippen LogP contribution in [0.4, 0.5) is 0 Å². The Hall–Kier alpha value is -3.46. The molecule has 5 aromatic rings. The average molecular weight is 419 g/mol. The van der Waals surface area contributed by atoms with Crippen molar-refractivity contribution in [3.05, 3.63) is 83.2 Å². The molecule has 0 N–H and O–H groups in total. The molecule has 6 rings (SSSR count). The summed E-state index contributed by atoms with van der Waals surface area (Å²) in [6.45, 7) is 8.75. The van der Waals surface area contributed by atoms with Gasteiger partial charge in [-0.3, -0.25) is 4.98 Å². The maximum atomic E-state index is 6.51.